The summed E-state index contributed by atoms with van der Waals surface area (Å²) in [7, 11) is 0. The van der Waals surface area contributed by atoms with E-state index in [4.69, 9.17) is 17.2 Å². The van der Waals surface area contributed by atoms with Gasteiger partial charge in [0.25, 0.3) is 16.7 Å². The number of hydrogen-bond acceptors (Lipinski definition) is 16. The van der Waals surface area contributed by atoms with Crippen LogP contribution in [0.3, 0.4) is 0 Å². The van der Waals surface area contributed by atoms with Crippen molar-refractivity contribution in [2.24, 2.45) is 35.5 Å². The Morgan fingerprint density at radius 2 is 0.765 bits per heavy atom. The Bertz CT molecular complexity index is 2730. The molecule has 0 radical (unpaired) electrons. The van der Waals surface area contributed by atoms with E-state index < -0.39 is 52.9 Å². The van der Waals surface area contributed by atoms with Crippen molar-refractivity contribution in [1.29, 1.82) is 15.8 Å². The number of nitrogens with one attached hydrogen (secondary N) is 6. The highest BCUT2D eigenvalue weighted by Gasteiger charge is 2.37. The first-order chi connectivity index (χ1) is 38.9. The molecule has 434 valence electrons. The first kappa shape index (κ1) is 62.0. The Kier molecular flexibility index (Phi) is 22.9. The van der Waals surface area contributed by atoms with Gasteiger partial charge in [0.2, 0.25) is 35.4 Å². The van der Waals surface area contributed by atoms with E-state index in [9.17, 15) is 62.8 Å². The lowest BCUT2D eigenvalue weighted by atomic mass is 9.98. The summed E-state index contributed by atoms with van der Waals surface area (Å²) in [5, 5.41) is 44.5. The monoisotopic (exact) mass is 1140 g/mol. The molecule has 24 nitrogen and oxygen atoms in total. The maximum absolute atomic E-state index is 12.8. The van der Waals surface area contributed by atoms with Crippen molar-refractivity contribution in [2.75, 3.05) is 43.1 Å². The average Bonchev–Trinajstić information content (AvgIpc) is 4.46. The van der Waals surface area contributed by atoms with Gasteiger partial charge in [-0.2, -0.15) is 19.7 Å². The summed E-state index contributed by atoms with van der Waals surface area (Å²) in [6, 6.07) is 11.2. The second kappa shape index (κ2) is 29.9. The van der Waals surface area contributed by atoms with E-state index in [1.54, 1.807) is 36.8 Å². The summed E-state index contributed by atoms with van der Waals surface area (Å²) in [6.07, 6.45) is 16.6. The minimum absolute atomic E-state index is 0.0823. The smallest absolute Gasteiger partial charge is 0.274 e. The summed E-state index contributed by atoms with van der Waals surface area (Å²) in [5.74, 6) is -0.978. The van der Waals surface area contributed by atoms with Crippen molar-refractivity contribution >= 4 is 64.7 Å². The third-order valence-corrected chi connectivity index (χ3v) is 15.2. The Morgan fingerprint density at radius 1 is 0.519 bits per heavy atom. The third kappa shape index (κ3) is 18.2. The van der Waals surface area contributed by atoms with Crippen LogP contribution >= 0.6 is 12.1 Å². The molecule has 3 aliphatic heterocycles. The van der Waals surface area contributed by atoms with Gasteiger partial charge in [-0.25, -0.2) is 0 Å². The number of anilines is 3. The van der Waals surface area contributed by atoms with Crippen molar-refractivity contribution in [3.63, 3.8) is 0 Å². The number of halogens is 1. The number of nitrogens with two attached hydrogens (primary N) is 3. The number of amides is 6. The Hall–Kier alpha value is -8.18. The van der Waals surface area contributed by atoms with Gasteiger partial charge < -0.3 is 62.8 Å². The van der Waals surface area contributed by atoms with Crippen LogP contribution in [0.2, 0.25) is 0 Å². The molecule has 12 N–H and O–H groups in total. The van der Waals surface area contributed by atoms with Crippen LogP contribution in [0.4, 0.5) is 20.9 Å². The van der Waals surface area contributed by atoms with Gasteiger partial charge in [-0.3, -0.25) is 43.2 Å². The molecule has 3 aromatic heterocycles. The zero-order valence-corrected chi connectivity index (χ0v) is 46.0. The van der Waals surface area contributed by atoms with Crippen LogP contribution < -0.4 is 65.8 Å². The molecule has 6 heterocycles. The molecule has 0 aromatic carbocycles. The second-order valence-electron chi connectivity index (χ2n) is 21.4. The molecular formula is C55H72FN15O9S. The third-order valence-electron chi connectivity index (χ3n) is 15.2. The van der Waals surface area contributed by atoms with Gasteiger partial charge in [0, 0.05) is 74.4 Å². The molecule has 0 bridgehead atoms. The number of nitriles is 3. The highest BCUT2D eigenvalue weighted by molar-refractivity contribution is 7.93. The largest absolute Gasteiger partial charge is 0.394 e. The number of nitrogen functional groups attached to an aromatic ring is 3. The lowest BCUT2D eigenvalue weighted by molar-refractivity contribution is -0.126. The maximum atomic E-state index is 12.8. The van der Waals surface area contributed by atoms with Crippen LogP contribution in [0.5, 0.6) is 0 Å². The SMILES string of the molecule is CSF.N#C[C@H](C[C@@H]1CCNC1=O)NC(=O)C(CC1CC1)n1cccc(N)c1=O.N#C[C@H](C[C@@H]1CCNC1=O)NC(=O)[C@@H](CC1CC1)n1cccc(N)c1=O.N#C[C@H](C[C@@H]1CCNC1=O)NC(=O)[C@H](CC1CC1)n1cccc(N)c1=O. The number of carbonyl (C=O) groups excluding carboxylic acids is 6. The van der Waals surface area contributed by atoms with Crippen molar-refractivity contribution in [3.8, 4) is 18.2 Å². The molecule has 3 aliphatic carbocycles. The lowest BCUT2D eigenvalue weighted by Gasteiger charge is -2.22. The number of aromatic nitrogens is 3. The van der Waals surface area contributed by atoms with Crippen molar-refractivity contribution in [3.05, 3.63) is 86.1 Å². The van der Waals surface area contributed by atoms with Gasteiger partial charge in [0.05, 0.1) is 35.3 Å². The molecule has 9 rings (SSSR count). The van der Waals surface area contributed by atoms with E-state index in [2.05, 4.69) is 50.1 Å². The first-order valence-corrected chi connectivity index (χ1v) is 28.5. The molecule has 3 saturated heterocycles. The van der Waals surface area contributed by atoms with E-state index in [0.29, 0.717) is 75.9 Å². The topological polar surface area (TPSA) is 390 Å². The number of hydrogen-bond donors (Lipinski definition) is 9. The summed E-state index contributed by atoms with van der Waals surface area (Å²) in [4.78, 5) is 111. The fourth-order valence-corrected chi connectivity index (χ4v) is 10.1. The van der Waals surface area contributed by atoms with Gasteiger partial charge in [0.15, 0.2) is 0 Å². The Balaban J connectivity index is 0.000000191. The molecule has 3 aromatic rings. The molecule has 6 fully saturated rings. The lowest BCUT2D eigenvalue weighted by Crippen LogP contribution is -2.43. The first-order valence-electron chi connectivity index (χ1n) is 27.4. The molecule has 26 heteroatoms. The van der Waals surface area contributed by atoms with Gasteiger partial charge >= 0.3 is 0 Å². The zero-order valence-electron chi connectivity index (χ0n) is 45.2. The fourth-order valence-electron chi connectivity index (χ4n) is 10.1. The maximum Gasteiger partial charge on any atom is 0.274 e. The highest BCUT2D eigenvalue weighted by atomic mass is 32.2. The standard InChI is InChI=1S/3C18H23N5O3.CH3FS/c3*19-10-13(9-12-5-6-21-16(12)24)22-17(25)15(8-11-3-4-11)23-7-1-2-14(20)18(23)26;1-3-2/h3*1-2,7,11-13,15H,3-6,8-9,20H2,(H,21,24)(H,22,25);1H3/t12-,13-,15?;12-,13-,15+;12-,13-,15-;/m000./s1. The fraction of sp³-hybridized carbons (Fsp3) is 0.564. The Labute approximate surface area is 472 Å². The molecule has 0 spiro atoms. The Morgan fingerprint density at radius 3 is 0.963 bits per heavy atom. The number of nitrogens with zero attached hydrogens (tertiary/aromatic N) is 6. The van der Waals surface area contributed by atoms with E-state index in [1.807, 2.05) is 0 Å². The predicted octanol–water partition coefficient (Wildman–Crippen LogP) is 2.15. The molecule has 1 unspecified atom stereocenters. The highest BCUT2D eigenvalue weighted by Crippen LogP contribution is 2.39. The van der Waals surface area contributed by atoms with Crippen LogP contribution in [-0.2, 0) is 28.8 Å². The van der Waals surface area contributed by atoms with Crippen LogP contribution in [0.1, 0.15) is 114 Å². The molecule has 6 amide bonds. The molecule has 81 heavy (non-hydrogen) atoms. The minimum atomic E-state index is -0.769. The van der Waals surface area contributed by atoms with E-state index in [-0.39, 0.29) is 102 Å². The van der Waals surface area contributed by atoms with Crippen molar-refractivity contribution in [2.45, 2.75) is 133 Å². The van der Waals surface area contributed by atoms with Gasteiger partial charge in [-0.05, 0) is 112 Å². The van der Waals surface area contributed by atoms with Crippen LogP contribution in [-0.4, -0.2) is 93.2 Å². The summed E-state index contributed by atoms with van der Waals surface area (Å²) < 4.78 is 14.2. The summed E-state index contributed by atoms with van der Waals surface area (Å²) in [5.41, 5.74) is 16.1. The number of pyridine rings is 3. The van der Waals surface area contributed by atoms with Crippen LogP contribution in [0.25, 0.3) is 0 Å². The van der Waals surface area contributed by atoms with E-state index in [1.165, 1.54) is 38.2 Å². The quantitative estimate of drug-likeness (QED) is 0.0738. The predicted molar refractivity (Wildman–Crippen MR) is 299 cm³/mol. The molecule has 6 aliphatic rings. The van der Waals surface area contributed by atoms with Gasteiger partial charge in [0.1, 0.15) is 36.3 Å². The number of carbonyl (C=O) groups is 6. The number of rotatable bonds is 21. The molecule has 9 atom stereocenters. The van der Waals surface area contributed by atoms with E-state index >= 15 is 0 Å². The van der Waals surface area contributed by atoms with E-state index in [0.717, 1.165) is 38.5 Å². The van der Waals surface area contributed by atoms with Crippen molar-refractivity contribution < 1.29 is 32.7 Å². The van der Waals surface area contributed by atoms with Gasteiger partial charge in [-0.15, -0.1) is 0 Å². The second-order valence-corrected chi connectivity index (χ2v) is 21.7. The van der Waals surface area contributed by atoms with Crippen LogP contribution in [0, 0.1) is 69.5 Å². The summed E-state index contributed by atoms with van der Waals surface area (Å²) in [6.45, 7) is 1.79. The minimum Gasteiger partial charge on any atom is -0.394 e. The average molecular weight is 1140 g/mol. The zero-order chi connectivity index (χ0) is 58.8. The normalized spacial score (nSPS) is 20.9. The molecule has 3 saturated carbocycles. The van der Waals surface area contributed by atoms with Gasteiger partial charge in [-0.1, -0.05) is 38.5 Å². The molecular weight excluding hydrogens is 1070 g/mol. The van der Waals surface area contributed by atoms with Crippen LogP contribution in [0.15, 0.2) is 69.4 Å². The van der Waals surface area contributed by atoms with Crippen molar-refractivity contribution in [1.82, 2.24) is 45.6 Å². The summed E-state index contributed by atoms with van der Waals surface area (Å²) >= 11 is 0.250.